The van der Waals surface area contributed by atoms with Crippen molar-refractivity contribution in [3.8, 4) is 11.5 Å². The van der Waals surface area contributed by atoms with E-state index < -0.39 is 0 Å². The van der Waals surface area contributed by atoms with Crippen LogP contribution < -0.4 is 10.5 Å². The van der Waals surface area contributed by atoms with Gasteiger partial charge < -0.3 is 15.6 Å². The number of aromatic hydroxyl groups is 1. The first kappa shape index (κ1) is 12.8. The van der Waals surface area contributed by atoms with Gasteiger partial charge in [0.2, 0.25) is 0 Å². The van der Waals surface area contributed by atoms with E-state index in [9.17, 15) is 5.11 Å². The highest BCUT2D eigenvalue weighted by Crippen LogP contribution is 2.28. The summed E-state index contributed by atoms with van der Waals surface area (Å²) in [7, 11) is 1.50. The van der Waals surface area contributed by atoms with E-state index in [1.807, 2.05) is 0 Å². The maximum atomic E-state index is 9.42. The van der Waals surface area contributed by atoms with E-state index in [1.165, 1.54) is 7.11 Å². The average molecular weight is 216 g/mol. The number of methoxy groups -OCH3 is 1. The van der Waals surface area contributed by atoms with Gasteiger partial charge in [-0.25, -0.2) is 0 Å². The molecule has 0 bridgehead atoms. The number of halogens is 1. The van der Waals surface area contributed by atoms with Gasteiger partial charge in [-0.1, -0.05) is 12.1 Å². The third-order valence-electron chi connectivity index (χ3n) is 1.84. The molecule has 1 aromatic rings. The van der Waals surface area contributed by atoms with Crippen LogP contribution in [0.15, 0.2) is 30.9 Å². The molecule has 0 saturated heterocycles. The van der Waals surface area contributed by atoms with E-state index in [1.54, 1.807) is 24.3 Å². The summed E-state index contributed by atoms with van der Waals surface area (Å²) in [6, 6.07) is 4.79. The van der Waals surface area contributed by atoms with Crippen LogP contribution in [0.25, 0.3) is 0 Å². The lowest BCUT2D eigenvalue weighted by molar-refractivity contribution is 0.373. The molecule has 0 spiro atoms. The van der Waals surface area contributed by atoms with Crippen LogP contribution in [0, 0.1) is 0 Å². The molecule has 0 saturated carbocycles. The fourth-order valence-corrected chi connectivity index (χ4v) is 1.05. The van der Waals surface area contributed by atoms with E-state index >= 15 is 0 Å². The van der Waals surface area contributed by atoms with Gasteiger partial charge in [-0.05, 0) is 17.7 Å². The number of ether oxygens (including phenoxy) is 1. The van der Waals surface area contributed by atoms with Crippen molar-refractivity contribution in [1.29, 1.82) is 0 Å². The second kappa shape index (κ2) is 5.52. The molecule has 1 unspecified atom stereocenters. The zero-order valence-corrected chi connectivity index (χ0v) is 8.75. The predicted octanol–water partition coefficient (Wildman–Crippen LogP) is 2.01. The molecule has 0 aromatic heterocycles. The van der Waals surface area contributed by atoms with Crippen LogP contribution in [0.2, 0.25) is 0 Å². The van der Waals surface area contributed by atoms with Gasteiger partial charge in [-0.3, -0.25) is 0 Å². The first-order valence-electron chi connectivity index (χ1n) is 3.94. The van der Waals surface area contributed by atoms with Gasteiger partial charge in [-0.15, -0.1) is 19.0 Å². The average Bonchev–Trinajstić information content (AvgIpc) is 2.16. The summed E-state index contributed by atoms with van der Waals surface area (Å²) in [5.41, 5.74) is 6.50. The molecule has 0 aliphatic rings. The lowest BCUT2D eigenvalue weighted by Crippen LogP contribution is -2.06. The highest BCUT2D eigenvalue weighted by Gasteiger charge is 2.05. The van der Waals surface area contributed by atoms with Crippen molar-refractivity contribution in [1.82, 2.24) is 0 Å². The Labute approximate surface area is 89.6 Å². The Morgan fingerprint density at radius 3 is 2.64 bits per heavy atom. The fraction of sp³-hybridized carbons (Fsp3) is 0.200. The molecule has 0 fully saturated rings. The molecule has 14 heavy (non-hydrogen) atoms. The summed E-state index contributed by atoms with van der Waals surface area (Å²) in [5.74, 6) is 0.539. The van der Waals surface area contributed by atoms with E-state index in [4.69, 9.17) is 10.5 Å². The second-order valence-electron chi connectivity index (χ2n) is 2.69. The number of rotatable bonds is 3. The standard InChI is InChI=1S/C10H13NO2.ClH/c1-3-8(11)7-4-5-10(13-2)9(12)6-7;/h3-6,8,12H,1,11H2,2H3;1H. The highest BCUT2D eigenvalue weighted by atomic mass is 35.5. The zero-order chi connectivity index (χ0) is 9.84. The number of phenols is 1. The summed E-state index contributed by atoms with van der Waals surface area (Å²) in [6.45, 7) is 3.57. The van der Waals surface area contributed by atoms with Crippen LogP contribution in [0.3, 0.4) is 0 Å². The largest absolute Gasteiger partial charge is 0.504 e. The van der Waals surface area contributed by atoms with Crippen LogP contribution in [0.5, 0.6) is 11.5 Å². The number of hydrogen-bond donors (Lipinski definition) is 2. The normalized spacial score (nSPS) is 11.3. The summed E-state index contributed by atoms with van der Waals surface area (Å²) < 4.78 is 4.90. The summed E-state index contributed by atoms with van der Waals surface area (Å²) in [4.78, 5) is 0. The van der Waals surface area contributed by atoms with Crippen molar-refractivity contribution in [3.05, 3.63) is 36.4 Å². The Balaban J connectivity index is 0.00000169. The molecule has 1 atom stereocenters. The molecule has 0 aliphatic carbocycles. The third-order valence-corrected chi connectivity index (χ3v) is 1.84. The first-order chi connectivity index (χ1) is 6.19. The van der Waals surface area contributed by atoms with Crippen LogP contribution in [-0.2, 0) is 0 Å². The molecular weight excluding hydrogens is 202 g/mol. The topological polar surface area (TPSA) is 55.5 Å². The molecule has 0 aliphatic heterocycles. The maximum Gasteiger partial charge on any atom is 0.160 e. The molecule has 3 N–H and O–H groups in total. The third kappa shape index (κ3) is 2.65. The van der Waals surface area contributed by atoms with Gasteiger partial charge in [0.15, 0.2) is 11.5 Å². The van der Waals surface area contributed by atoms with Crippen molar-refractivity contribution in [2.24, 2.45) is 5.73 Å². The van der Waals surface area contributed by atoms with Crippen molar-refractivity contribution in [3.63, 3.8) is 0 Å². The maximum absolute atomic E-state index is 9.42. The minimum absolute atomic E-state index is 0. The number of benzene rings is 1. The van der Waals surface area contributed by atoms with Gasteiger partial charge in [0, 0.05) is 6.04 Å². The molecule has 0 amide bonds. The van der Waals surface area contributed by atoms with Gasteiger partial charge in [0.05, 0.1) is 7.11 Å². The van der Waals surface area contributed by atoms with E-state index in [0.717, 1.165) is 5.56 Å². The van der Waals surface area contributed by atoms with Gasteiger partial charge >= 0.3 is 0 Å². The Morgan fingerprint density at radius 1 is 1.57 bits per heavy atom. The van der Waals surface area contributed by atoms with Gasteiger partial charge in [0.1, 0.15) is 0 Å². The minimum atomic E-state index is -0.253. The Morgan fingerprint density at radius 2 is 2.21 bits per heavy atom. The van der Waals surface area contributed by atoms with Crippen LogP contribution >= 0.6 is 12.4 Å². The van der Waals surface area contributed by atoms with Crippen LogP contribution in [-0.4, -0.2) is 12.2 Å². The summed E-state index contributed by atoms with van der Waals surface area (Å²) >= 11 is 0. The SMILES string of the molecule is C=CC(N)c1ccc(OC)c(O)c1.Cl. The number of phenolic OH excluding ortho intramolecular Hbond substituents is 1. The monoisotopic (exact) mass is 215 g/mol. The molecular formula is C10H14ClNO2. The lowest BCUT2D eigenvalue weighted by atomic mass is 10.1. The van der Waals surface area contributed by atoms with Crippen molar-refractivity contribution in [2.45, 2.75) is 6.04 Å². The van der Waals surface area contributed by atoms with Crippen molar-refractivity contribution >= 4 is 12.4 Å². The zero-order valence-electron chi connectivity index (χ0n) is 7.93. The van der Waals surface area contributed by atoms with E-state index in [0.29, 0.717) is 5.75 Å². The molecule has 78 valence electrons. The fourth-order valence-electron chi connectivity index (χ4n) is 1.05. The Bertz CT molecular complexity index is 315. The first-order valence-corrected chi connectivity index (χ1v) is 3.94. The summed E-state index contributed by atoms with van der Waals surface area (Å²) in [6.07, 6.45) is 1.61. The van der Waals surface area contributed by atoms with Gasteiger partial charge in [0.25, 0.3) is 0 Å². The highest BCUT2D eigenvalue weighted by molar-refractivity contribution is 5.85. The summed E-state index contributed by atoms with van der Waals surface area (Å²) in [5, 5.41) is 9.42. The lowest BCUT2D eigenvalue weighted by Gasteiger charge is -2.09. The van der Waals surface area contributed by atoms with Crippen molar-refractivity contribution < 1.29 is 9.84 Å². The molecule has 3 nitrogen and oxygen atoms in total. The predicted molar refractivity (Wildman–Crippen MR) is 59.0 cm³/mol. The number of hydrogen-bond acceptors (Lipinski definition) is 3. The minimum Gasteiger partial charge on any atom is -0.504 e. The molecule has 0 radical (unpaired) electrons. The number of nitrogens with two attached hydrogens (primary N) is 1. The van der Waals surface area contributed by atoms with Gasteiger partial charge in [-0.2, -0.15) is 0 Å². The van der Waals surface area contributed by atoms with Crippen molar-refractivity contribution in [2.75, 3.05) is 7.11 Å². The molecule has 4 heteroatoms. The Kier molecular flexibility index (Phi) is 5.05. The Hall–Kier alpha value is -1.19. The van der Waals surface area contributed by atoms with E-state index in [2.05, 4.69) is 6.58 Å². The molecule has 1 aromatic carbocycles. The van der Waals surface area contributed by atoms with E-state index in [-0.39, 0.29) is 24.2 Å². The van der Waals surface area contributed by atoms with Crippen LogP contribution in [0.1, 0.15) is 11.6 Å². The quantitative estimate of drug-likeness (QED) is 0.759. The molecule has 1 rings (SSSR count). The smallest absolute Gasteiger partial charge is 0.160 e. The van der Waals surface area contributed by atoms with Crippen LogP contribution in [0.4, 0.5) is 0 Å². The molecule has 0 heterocycles. The second-order valence-corrected chi connectivity index (χ2v) is 2.69.